The molecule has 1 aromatic rings. The Morgan fingerprint density at radius 3 is 2.43 bits per heavy atom. The van der Waals surface area contributed by atoms with E-state index in [1.165, 1.54) is 12.1 Å². The Balaban J connectivity index is 1.96. The van der Waals surface area contributed by atoms with E-state index >= 15 is 0 Å². The van der Waals surface area contributed by atoms with Gasteiger partial charge in [-0.25, -0.2) is 8.42 Å². The monoisotopic (exact) mass is 361 g/mol. The van der Waals surface area contributed by atoms with Gasteiger partial charge in [-0.3, -0.25) is 4.79 Å². The van der Waals surface area contributed by atoms with Gasteiger partial charge < -0.3 is 14.6 Å². The molecule has 2 aliphatic rings. The number of hydrogen-bond donors (Lipinski definition) is 1. The first-order valence-electron chi connectivity index (χ1n) is 7.13. The number of carboxylic acid groups (broad SMARTS) is 1. The van der Waals surface area contributed by atoms with Gasteiger partial charge in [0.1, 0.15) is 18.1 Å². The molecule has 1 N–H and O–H groups in total. The molecule has 126 valence electrons. The van der Waals surface area contributed by atoms with Crippen molar-refractivity contribution in [3.8, 4) is 11.5 Å². The molecular weight excluding hydrogens is 346 g/mol. The van der Waals surface area contributed by atoms with Crippen molar-refractivity contribution in [2.24, 2.45) is 11.8 Å². The minimum atomic E-state index is -3.90. The van der Waals surface area contributed by atoms with Crippen molar-refractivity contribution in [1.82, 2.24) is 4.31 Å². The molecule has 1 saturated heterocycles. The summed E-state index contributed by atoms with van der Waals surface area (Å²) >= 11 is 6.10. The lowest BCUT2D eigenvalue weighted by Crippen LogP contribution is -2.30. The van der Waals surface area contributed by atoms with Crippen LogP contribution in [0.3, 0.4) is 0 Å². The maximum absolute atomic E-state index is 12.8. The van der Waals surface area contributed by atoms with Crippen LogP contribution in [0.4, 0.5) is 0 Å². The number of sulfonamides is 1. The molecular formula is C14H16ClNO6S. The quantitative estimate of drug-likeness (QED) is 0.875. The second kappa shape index (κ2) is 5.85. The molecule has 1 fully saturated rings. The summed E-state index contributed by atoms with van der Waals surface area (Å²) < 4.78 is 37.5. The van der Waals surface area contributed by atoms with Crippen LogP contribution in [-0.4, -0.2) is 50.1 Å². The zero-order valence-corrected chi connectivity index (χ0v) is 13.9. The van der Waals surface area contributed by atoms with Crippen molar-refractivity contribution in [2.45, 2.75) is 11.8 Å². The normalized spacial score (nSPS) is 24.6. The summed E-state index contributed by atoms with van der Waals surface area (Å²) in [6.45, 7) is 2.50. The third kappa shape index (κ3) is 2.86. The summed E-state index contributed by atoms with van der Waals surface area (Å²) in [7, 11) is -3.90. The number of rotatable bonds is 3. The third-order valence-electron chi connectivity index (χ3n) is 4.11. The van der Waals surface area contributed by atoms with Crippen LogP contribution in [0.2, 0.25) is 5.02 Å². The second-order valence-corrected chi connectivity index (χ2v) is 7.98. The lowest BCUT2D eigenvalue weighted by Gasteiger charge is -2.22. The fourth-order valence-corrected chi connectivity index (χ4v) is 4.90. The summed E-state index contributed by atoms with van der Waals surface area (Å²) in [6, 6.07) is 2.75. The van der Waals surface area contributed by atoms with Crippen molar-refractivity contribution < 1.29 is 27.8 Å². The van der Waals surface area contributed by atoms with Crippen LogP contribution in [-0.2, 0) is 14.8 Å². The van der Waals surface area contributed by atoms with E-state index in [2.05, 4.69) is 0 Å². The van der Waals surface area contributed by atoms with Gasteiger partial charge in [0.2, 0.25) is 10.0 Å². The maximum Gasteiger partial charge on any atom is 0.308 e. The van der Waals surface area contributed by atoms with Crippen LogP contribution in [0.1, 0.15) is 6.92 Å². The number of carboxylic acids is 1. The molecule has 0 aliphatic carbocycles. The van der Waals surface area contributed by atoms with Gasteiger partial charge in [0, 0.05) is 25.2 Å². The van der Waals surface area contributed by atoms with Crippen LogP contribution >= 0.6 is 11.6 Å². The van der Waals surface area contributed by atoms with Crippen molar-refractivity contribution in [1.29, 1.82) is 0 Å². The minimum absolute atomic E-state index is 0.0284. The molecule has 0 unspecified atom stereocenters. The Kier molecular flexibility index (Phi) is 4.16. The highest BCUT2D eigenvalue weighted by molar-refractivity contribution is 7.89. The SMILES string of the molecule is C[C@@H]1CN(S(=O)(=O)c2cc3c(cc2Cl)OCCO3)C[C@H]1C(=O)O. The van der Waals surface area contributed by atoms with Crippen LogP contribution in [0.15, 0.2) is 17.0 Å². The van der Waals surface area contributed by atoms with Gasteiger partial charge in [0.15, 0.2) is 11.5 Å². The molecule has 0 aromatic heterocycles. The smallest absolute Gasteiger partial charge is 0.308 e. The Morgan fingerprint density at radius 2 is 1.87 bits per heavy atom. The number of carbonyl (C=O) groups is 1. The Morgan fingerprint density at radius 1 is 1.26 bits per heavy atom. The van der Waals surface area contributed by atoms with E-state index in [-0.39, 0.29) is 28.9 Å². The number of aliphatic carboxylic acids is 1. The molecule has 0 spiro atoms. The van der Waals surface area contributed by atoms with E-state index in [0.717, 1.165) is 4.31 Å². The van der Waals surface area contributed by atoms with E-state index in [0.29, 0.717) is 24.7 Å². The molecule has 0 bridgehead atoms. The van der Waals surface area contributed by atoms with Gasteiger partial charge in [0.05, 0.1) is 10.9 Å². The molecule has 23 heavy (non-hydrogen) atoms. The number of hydrogen-bond acceptors (Lipinski definition) is 5. The fraction of sp³-hybridized carbons (Fsp3) is 0.500. The molecule has 7 nitrogen and oxygen atoms in total. The first kappa shape index (κ1) is 16.4. The Labute approximate surface area is 138 Å². The Hall–Kier alpha value is -1.51. The zero-order chi connectivity index (χ0) is 16.8. The van der Waals surface area contributed by atoms with Gasteiger partial charge in [0.25, 0.3) is 0 Å². The molecule has 2 heterocycles. The van der Waals surface area contributed by atoms with Gasteiger partial charge in [-0.1, -0.05) is 18.5 Å². The molecule has 0 saturated carbocycles. The molecule has 2 atom stereocenters. The molecule has 3 rings (SSSR count). The van der Waals surface area contributed by atoms with Crippen molar-refractivity contribution in [3.05, 3.63) is 17.2 Å². The highest BCUT2D eigenvalue weighted by Gasteiger charge is 2.41. The molecule has 1 aromatic carbocycles. The average Bonchev–Trinajstić information content (AvgIpc) is 2.89. The molecule has 0 radical (unpaired) electrons. The van der Waals surface area contributed by atoms with Gasteiger partial charge in [-0.05, 0) is 5.92 Å². The second-order valence-electron chi connectivity index (χ2n) is 5.67. The third-order valence-corrected chi connectivity index (χ3v) is 6.41. The van der Waals surface area contributed by atoms with Gasteiger partial charge in [-0.15, -0.1) is 0 Å². The van der Waals surface area contributed by atoms with E-state index < -0.39 is 21.9 Å². The first-order valence-corrected chi connectivity index (χ1v) is 8.94. The molecule has 0 amide bonds. The topological polar surface area (TPSA) is 93.1 Å². The van der Waals surface area contributed by atoms with Crippen LogP contribution in [0.25, 0.3) is 0 Å². The van der Waals surface area contributed by atoms with Gasteiger partial charge in [-0.2, -0.15) is 4.31 Å². The van der Waals surface area contributed by atoms with Crippen LogP contribution < -0.4 is 9.47 Å². The first-order chi connectivity index (χ1) is 10.8. The molecule has 9 heteroatoms. The number of benzene rings is 1. The van der Waals surface area contributed by atoms with Crippen LogP contribution in [0, 0.1) is 11.8 Å². The van der Waals surface area contributed by atoms with Crippen molar-refractivity contribution >= 4 is 27.6 Å². The molecule has 2 aliphatic heterocycles. The Bertz CT molecular complexity index is 750. The number of ether oxygens (including phenoxy) is 2. The van der Waals surface area contributed by atoms with E-state index in [1.54, 1.807) is 6.92 Å². The summed E-state index contributed by atoms with van der Waals surface area (Å²) in [5, 5.41) is 9.19. The van der Waals surface area contributed by atoms with E-state index in [9.17, 15) is 13.2 Å². The maximum atomic E-state index is 12.8. The average molecular weight is 362 g/mol. The zero-order valence-electron chi connectivity index (χ0n) is 12.4. The number of halogens is 1. The highest BCUT2D eigenvalue weighted by Crippen LogP contribution is 2.39. The summed E-state index contributed by atoms with van der Waals surface area (Å²) in [5.74, 6) is -1.26. The van der Waals surface area contributed by atoms with E-state index in [4.69, 9.17) is 26.2 Å². The van der Waals surface area contributed by atoms with Gasteiger partial charge >= 0.3 is 5.97 Å². The van der Waals surface area contributed by atoms with Crippen molar-refractivity contribution in [3.63, 3.8) is 0 Å². The van der Waals surface area contributed by atoms with Crippen molar-refractivity contribution in [2.75, 3.05) is 26.3 Å². The minimum Gasteiger partial charge on any atom is -0.486 e. The summed E-state index contributed by atoms with van der Waals surface area (Å²) in [4.78, 5) is 11.1. The number of nitrogens with zero attached hydrogens (tertiary/aromatic N) is 1. The summed E-state index contributed by atoms with van der Waals surface area (Å²) in [6.07, 6.45) is 0. The largest absolute Gasteiger partial charge is 0.486 e. The lowest BCUT2D eigenvalue weighted by molar-refractivity contribution is -0.142. The summed E-state index contributed by atoms with van der Waals surface area (Å²) in [5.41, 5.74) is 0. The lowest BCUT2D eigenvalue weighted by atomic mass is 9.99. The predicted molar refractivity (Wildman–Crippen MR) is 81.5 cm³/mol. The van der Waals surface area contributed by atoms with E-state index in [1.807, 2.05) is 0 Å². The predicted octanol–water partition coefficient (Wildman–Crippen LogP) is 1.45. The number of fused-ring (bicyclic) bond motifs is 1. The highest BCUT2D eigenvalue weighted by atomic mass is 35.5. The standard InChI is InChI=1S/C14H16ClNO6S/c1-8-6-16(7-9(8)14(17)18)23(19,20)13-5-12-11(4-10(13)15)21-2-3-22-12/h4-5,8-9H,2-3,6-7H2,1H3,(H,17,18)/t8-,9-/m1/s1. The van der Waals surface area contributed by atoms with Crippen LogP contribution in [0.5, 0.6) is 11.5 Å². The fourth-order valence-electron chi connectivity index (χ4n) is 2.82.